The summed E-state index contributed by atoms with van der Waals surface area (Å²) in [6.45, 7) is 5.23. The van der Waals surface area contributed by atoms with Gasteiger partial charge in [-0.05, 0) is 69.2 Å². The molecule has 1 fully saturated rings. The van der Waals surface area contributed by atoms with E-state index in [0.29, 0.717) is 6.54 Å². The molecular formula is C22H35IN6O. The Labute approximate surface area is 197 Å². The summed E-state index contributed by atoms with van der Waals surface area (Å²) >= 11 is 0. The Bertz CT molecular complexity index is 753. The molecule has 7 nitrogen and oxygen atoms in total. The summed E-state index contributed by atoms with van der Waals surface area (Å²) in [4.78, 5) is 6.91. The number of hydrogen-bond acceptors (Lipinski definition) is 4. The van der Waals surface area contributed by atoms with Crippen molar-refractivity contribution in [3.8, 4) is 11.4 Å². The number of halogens is 1. The first-order chi connectivity index (χ1) is 14.3. The summed E-state index contributed by atoms with van der Waals surface area (Å²) in [6.07, 6.45) is 8.57. The first-order valence-electron chi connectivity index (χ1n) is 10.6. The highest BCUT2D eigenvalue weighted by Crippen LogP contribution is 2.14. The van der Waals surface area contributed by atoms with Crippen LogP contribution in [0.4, 0.5) is 0 Å². The Hall–Kier alpha value is -1.81. The molecular weight excluding hydrogens is 491 g/mol. The lowest BCUT2D eigenvalue weighted by Crippen LogP contribution is -2.38. The van der Waals surface area contributed by atoms with Crippen LogP contribution in [0.5, 0.6) is 5.75 Å². The van der Waals surface area contributed by atoms with Crippen molar-refractivity contribution in [1.29, 1.82) is 0 Å². The van der Waals surface area contributed by atoms with Gasteiger partial charge < -0.3 is 20.3 Å². The number of nitrogens with zero attached hydrogens (tertiary/aromatic N) is 4. The zero-order chi connectivity index (χ0) is 20.3. The van der Waals surface area contributed by atoms with Crippen molar-refractivity contribution >= 4 is 29.9 Å². The van der Waals surface area contributed by atoms with Crippen LogP contribution in [-0.2, 0) is 6.54 Å². The van der Waals surface area contributed by atoms with Crippen molar-refractivity contribution < 1.29 is 4.74 Å². The number of hydrogen-bond donors (Lipinski definition) is 2. The predicted octanol–water partition coefficient (Wildman–Crippen LogP) is 3.43. The van der Waals surface area contributed by atoms with E-state index in [0.717, 1.165) is 42.6 Å². The van der Waals surface area contributed by atoms with Crippen LogP contribution in [0.2, 0.25) is 0 Å². The smallest absolute Gasteiger partial charge is 0.191 e. The van der Waals surface area contributed by atoms with Gasteiger partial charge in [-0.3, -0.25) is 4.99 Å². The standard InChI is InChI=1S/C22H34N6O.HI/c1-23-22(24-13-7-16-27-14-5-3-4-6-15-27)25-18-19-12-17-28(26-19)20-8-10-21(29-2)11-9-20;/h8-12,17H,3-7,13-16,18H2,1-2H3,(H2,23,24,25);1H. The minimum Gasteiger partial charge on any atom is -0.497 e. The molecule has 1 aromatic heterocycles. The van der Waals surface area contributed by atoms with Gasteiger partial charge in [0.05, 0.1) is 25.0 Å². The van der Waals surface area contributed by atoms with Gasteiger partial charge in [0.15, 0.2) is 5.96 Å². The van der Waals surface area contributed by atoms with Gasteiger partial charge in [0, 0.05) is 19.8 Å². The summed E-state index contributed by atoms with van der Waals surface area (Å²) in [7, 11) is 3.47. The molecule has 1 aliphatic rings. The van der Waals surface area contributed by atoms with Crippen molar-refractivity contribution in [3.05, 3.63) is 42.2 Å². The van der Waals surface area contributed by atoms with E-state index in [1.165, 1.54) is 38.8 Å². The maximum absolute atomic E-state index is 5.21. The molecule has 0 atom stereocenters. The number of benzene rings is 1. The van der Waals surface area contributed by atoms with E-state index >= 15 is 0 Å². The average Bonchev–Trinajstić information content (AvgIpc) is 3.08. The number of rotatable bonds is 8. The Balaban J connectivity index is 0.00000320. The van der Waals surface area contributed by atoms with E-state index in [1.807, 2.05) is 41.2 Å². The van der Waals surface area contributed by atoms with Gasteiger partial charge in [-0.25, -0.2) is 4.68 Å². The molecule has 2 N–H and O–H groups in total. The SMILES string of the molecule is CN=C(NCCCN1CCCCCC1)NCc1ccn(-c2ccc(OC)cc2)n1.I. The molecule has 8 heteroatoms. The zero-order valence-corrected chi connectivity index (χ0v) is 20.5. The lowest BCUT2D eigenvalue weighted by atomic mass is 10.2. The Kier molecular flexibility index (Phi) is 11.0. The Morgan fingerprint density at radius 2 is 1.80 bits per heavy atom. The fourth-order valence-electron chi connectivity index (χ4n) is 3.60. The summed E-state index contributed by atoms with van der Waals surface area (Å²) in [5, 5.41) is 11.4. The number of ether oxygens (including phenoxy) is 1. The molecule has 30 heavy (non-hydrogen) atoms. The van der Waals surface area contributed by atoms with E-state index in [1.54, 1.807) is 14.2 Å². The van der Waals surface area contributed by atoms with Crippen molar-refractivity contribution in [1.82, 2.24) is 25.3 Å². The van der Waals surface area contributed by atoms with E-state index in [-0.39, 0.29) is 24.0 Å². The molecule has 0 aliphatic carbocycles. The Morgan fingerprint density at radius 3 is 2.47 bits per heavy atom. The second-order valence-electron chi connectivity index (χ2n) is 7.41. The second-order valence-corrected chi connectivity index (χ2v) is 7.41. The van der Waals surface area contributed by atoms with Gasteiger partial charge in [0.1, 0.15) is 5.75 Å². The second kappa shape index (κ2) is 13.5. The molecule has 0 saturated carbocycles. The summed E-state index contributed by atoms with van der Waals surface area (Å²) in [5.74, 6) is 1.66. The third-order valence-corrected chi connectivity index (χ3v) is 5.28. The van der Waals surface area contributed by atoms with Crippen LogP contribution >= 0.6 is 24.0 Å². The third-order valence-electron chi connectivity index (χ3n) is 5.28. The molecule has 1 aliphatic heterocycles. The van der Waals surface area contributed by atoms with Crippen LogP contribution in [0.25, 0.3) is 5.69 Å². The van der Waals surface area contributed by atoms with Crippen LogP contribution in [0.1, 0.15) is 37.8 Å². The van der Waals surface area contributed by atoms with Crippen molar-refractivity contribution in [2.45, 2.75) is 38.6 Å². The molecule has 166 valence electrons. The molecule has 2 heterocycles. The van der Waals surface area contributed by atoms with Gasteiger partial charge in [-0.2, -0.15) is 5.10 Å². The predicted molar refractivity (Wildman–Crippen MR) is 133 cm³/mol. The first-order valence-corrected chi connectivity index (χ1v) is 10.6. The number of methoxy groups -OCH3 is 1. The van der Waals surface area contributed by atoms with Gasteiger partial charge >= 0.3 is 0 Å². The molecule has 0 amide bonds. The maximum atomic E-state index is 5.21. The molecule has 0 spiro atoms. The minimum absolute atomic E-state index is 0. The van der Waals surface area contributed by atoms with Crippen LogP contribution in [0, 0.1) is 0 Å². The lowest BCUT2D eigenvalue weighted by Gasteiger charge is -2.20. The molecule has 0 unspecified atom stereocenters. The topological polar surface area (TPSA) is 66.7 Å². The van der Waals surface area contributed by atoms with Crippen LogP contribution in [0.15, 0.2) is 41.5 Å². The lowest BCUT2D eigenvalue weighted by molar-refractivity contribution is 0.282. The monoisotopic (exact) mass is 526 g/mol. The average molecular weight is 526 g/mol. The first kappa shape index (κ1) is 24.5. The fourth-order valence-corrected chi connectivity index (χ4v) is 3.60. The quantitative estimate of drug-likeness (QED) is 0.239. The maximum Gasteiger partial charge on any atom is 0.191 e. The molecule has 1 saturated heterocycles. The minimum atomic E-state index is 0. The van der Waals surface area contributed by atoms with Crippen molar-refractivity contribution in [3.63, 3.8) is 0 Å². The zero-order valence-electron chi connectivity index (χ0n) is 18.1. The van der Waals surface area contributed by atoms with Crippen LogP contribution in [0.3, 0.4) is 0 Å². The third kappa shape index (κ3) is 7.79. The summed E-state index contributed by atoms with van der Waals surface area (Å²) in [6, 6.07) is 9.88. The highest BCUT2D eigenvalue weighted by Gasteiger charge is 2.08. The number of aliphatic imine (C=N–C) groups is 1. The molecule has 1 aromatic carbocycles. The molecule has 0 radical (unpaired) electrons. The van der Waals surface area contributed by atoms with Crippen molar-refractivity contribution in [2.75, 3.05) is 40.3 Å². The van der Waals surface area contributed by atoms with Crippen LogP contribution in [-0.4, -0.2) is 61.0 Å². The molecule has 3 rings (SSSR count). The van der Waals surface area contributed by atoms with E-state index < -0.39 is 0 Å². The Morgan fingerprint density at radius 1 is 1.07 bits per heavy atom. The van der Waals surface area contributed by atoms with Crippen molar-refractivity contribution in [2.24, 2.45) is 4.99 Å². The van der Waals surface area contributed by atoms with Crippen LogP contribution < -0.4 is 15.4 Å². The number of nitrogens with one attached hydrogen (secondary N) is 2. The largest absolute Gasteiger partial charge is 0.497 e. The van der Waals surface area contributed by atoms with E-state index in [4.69, 9.17) is 4.74 Å². The number of guanidine groups is 1. The van der Waals surface area contributed by atoms with E-state index in [9.17, 15) is 0 Å². The van der Waals surface area contributed by atoms with Gasteiger partial charge in [0.25, 0.3) is 0 Å². The van der Waals surface area contributed by atoms with Gasteiger partial charge in [0.2, 0.25) is 0 Å². The van der Waals surface area contributed by atoms with Gasteiger partial charge in [-0.1, -0.05) is 12.8 Å². The summed E-state index contributed by atoms with van der Waals surface area (Å²) in [5.41, 5.74) is 1.97. The summed E-state index contributed by atoms with van der Waals surface area (Å²) < 4.78 is 7.07. The van der Waals surface area contributed by atoms with Gasteiger partial charge in [-0.15, -0.1) is 24.0 Å². The number of likely N-dealkylation sites (tertiary alicyclic amines) is 1. The number of aromatic nitrogens is 2. The molecule has 0 bridgehead atoms. The van der Waals surface area contributed by atoms with E-state index in [2.05, 4.69) is 25.6 Å². The molecule has 2 aromatic rings. The highest BCUT2D eigenvalue weighted by molar-refractivity contribution is 14.0. The fraction of sp³-hybridized carbons (Fsp3) is 0.545. The highest BCUT2D eigenvalue weighted by atomic mass is 127. The normalized spacial score (nSPS) is 15.2.